The Morgan fingerprint density at radius 3 is 2.67 bits per heavy atom. The van der Waals surface area contributed by atoms with Gasteiger partial charge in [0.2, 0.25) is 0 Å². The van der Waals surface area contributed by atoms with Crippen LogP contribution in [0.1, 0.15) is 51.6 Å². The highest BCUT2D eigenvalue weighted by atomic mass is 35.5. The maximum atomic E-state index is 6.26. The largest absolute Gasteiger partial charge is 0.359 e. The number of hydrogen-bond acceptors (Lipinski definition) is 3. The number of aromatic nitrogens is 1. The van der Waals surface area contributed by atoms with E-state index in [0.717, 1.165) is 35.5 Å². The van der Waals surface area contributed by atoms with Crippen molar-refractivity contribution >= 4 is 17.4 Å². The molecule has 0 bridgehead atoms. The minimum Gasteiger partial charge on any atom is -0.359 e. The van der Waals surface area contributed by atoms with Crippen LogP contribution in [0.15, 0.2) is 12.1 Å². The molecule has 0 saturated heterocycles. The zero-order chi connectivity index (χ0) is 15.2. The predicted octanol–water partition coefficient (Wildman–Crippen LogP) is 4.25. The first-order valence-corrected chi connectivity index (χ1v) is 8.54. The lowest BCUT2D eigenvalue weighted by molar-refractivity contribution is 0.361. The van der Waals surface area contributed by atoms with E-state index >= 15 is 0 Å². The summed E-state index contributed by atoms with van der Waals surface area (Å²) in [4.78, 5) is 7.02. The van der Waals surface area contributed by atoms with Crippen LogP contribution < -0.4 is 10.2 Å². The van der Waals surface area contributed by atoms with Crippen molar-refractivity contribution in [3.63, 3.8) is 0 Å². The van der Waals surface area contributed by atoms with E-state index in [-0.39, 0.29) is 0 Å². The highest BCUT2D eigenvalue weighted by Crippen LogP contribution is 2.26. The second-order valence-electron chi connectivity index (χ2n) is 6.52. The van der Waals surface area contributed by atoms with Gasteiger partial charge < -0.3 is 10.2 Å². The van der Waals surface area contributed by atoms with Crippen molar-refractivity contribution in [3.05, 3.63) is 22.8 Å². The summed E-state index contributed by atoms with van der Waals surface area (Å²) < 4.78 is 0. The third kappa shape index (κ3) is 5.15. The highest BCUT2D eigenvalue weighted by Gasteiger charge is 2.16. The molecule has 1 aromatic rings. The Bertz CT molecular complexity index is 442. The average molecular weight is 310 g/mol. The van der Waals surface area contributed by atoms with Gasteiger partial charge in [0.25, 0.3) is 0 Å². The fraction of sp³-hybridized carbons (Fsp3) is 0.706. The molecule has 118 valence electrons. The van der Waals surface area contributed by atoms with Crippen molar-refractivity contribution in [1.82, 2.24) is 10.3 Å². The summed E-state index contributed by atoms with van der Waals surface area (Å²) >= 11 is 6.26. The summed E-state index contributed by atoms with van der Waals surface area (Å²) in [6, 6.07) is 4.44. The molecule has 21 heavy (non-hydrogen) atoms. The van der Waals surface area contributed by atoms with E-state index in [1.807, 2.05) is 12.1 Å². The standard InChI is InChI=1S/C17H28ClN3/c1-13(2)19-11-16-15(18)9-10-17(20-16)21(3)12-14-7-5-4-6-8-14/h9-10,13-14,19H,4-8,11-12H2,1-3H3. The Kier molecular flexibility index (Phi) is 6.31. The molecule has 0 aliphatic heterocycles. The zero-order valence-corrected chi connectivity index (χ0v) is 14.3. The van der Waals surface area contributed by atoms with E-state index in [0.29, 0.717) is 6.04 Å². The predicted molar refractivity (Wildman–Crippen MR) is 91.1 cm³/mol. The first-order chi connectivity index (χ1) is 10.1. The van der Waals surface area contributed by atoms with Gasteiger partial charge in [0.15, 0.2) is 0 Å². The first kappa shape index (κ1) is 16.6. The van der Waals surface area contributed by atoms with Gasteiger partial charge in [0.1, 0.15) is 5.82 Å². The fourth-order valence-electron chi connectivity index (χ4n) is 2.96. The van der Waals surface area contributed by atoms with Crippen LogP contribution in [0, 0.1) is 5.92 Å². The molecular formula is C17H28ClN3. The molecular weight excluding hydrogens is 282 g/mol. The molecule has 2 rings (SSSR count). The molecule has 0 unspecified atom stereocenters. The molecule has 0 amide bonds. The van der Waals surface area contributed by atoms with Crippen LogP contribution in [0.4, 0.5) is 5.82 Å². The van der Waals surface area contributed by atoms with Crippen LogP contribution in [-0.2, 0) is 6.54 Å². The quantitative estimate of drug-likeness (QED) is 0.851. The molecule has 1 fully saturated rings. The number of halogens is 1. The Balaban J connectivity index is 1.99. The van der Waals surface area contributed by atoms with Crippen LogP contribution >= 0.6 is 11.6 Å². The van der Waals surface area contributed by atoms with Crippen molar-refractivity contribution in [2.24, 2.45) is 5.92 Å². The van der Waals surface area contributed by atoms with Gasteiger partial charge >= 0.3 is 0 Å². The molecule has 3 nitrogen and oxygen atoms in total. The number of nitrogens with zero attached hydrogens (tertiary/aromatic N) is 2. The van der Waals surface area contributed by atoms with Crippen LogP contribution in [0.2, 0.25) is 5.02 Å². The van der Waals surface area contributed by atoms with Crippen LogP contribution in [0.25, 0.3) is 0 Å². The molecule has 1 aliphatic carbocycles. The summed E-state index contributed by atoms with van der Waals surface area (Å²) in [5, 5.41) is 4.13. The van der Waals surface area contributed by atoms with E-state index in [9.17, 15) is 0 Å². The van der Waals surface area contributed by atoms with Gasteiger partial charge in [-0.2, -0.15) is 0 Å². The average Bonchev–Trinajstić information content (AvgIpc) is 2.47. The summed E-state index contributed by atoms with van der Waals surface area (Å²) in [7, 11) is 2.14. The van der Waals surface area contributed by atoms with Crippen molar-refractivity contribution in [2.45, 2.75) is 58.5 Å². The Morgan fingerprint density at radius 1 is 1.29 bits per heavy atom. The lowest BCUT2D eigenvalue weighted by Gasteiger charge is -2.28. The Labute approximate surface area is 134 Å². The molecule has 1 saturated carbocycles. The van der Waals surface area contributed by atoms with Crippen LogP contribution in [0.3, 0.4) is 0 Å². The van der Waals surface area contributed by atoms with Gasteiger partial charge in [-0.05, 0) is 30.9 Å². The third-order valence-corrected chi connectivity index (χ3v) is 4.57. The summed E-state index contributed by atoms with van der Waals surface area (Å²) in [5.74, 6) is 1.85. The highest BCUT2D eigenvalue weighted by molar-refractivity contribution is 6.31. The SMILES string of the molecule is CC(C)NCc1nc(N(C)CC2CCCCC2)ccc1Cl. The molecule has 1 aromatic heterocycles. The van der Waals surface area contributed by atoms with E-state index in [4.69, 9.17) is 16.6 Å². The van der Waals surface area contributed by atoms with Crippen molar-refractivity contribution in [2.75, 3.05) is 18.5 Å². The summed E-state index contributed by atoms with van der Waals surface area (Å²) in [6.45, 7) is 6.09. The van der Waals surface area contributed by atoms with Gasteiger partial charge in [-0.1, -0.05) is 44.7 Å². The monoisotopic (exact) mass is 309 g/mol. The second-order valence-corrected chi connectivity index (χ2v) is 6.93. The maximum absolute atomic E-state index is 6.26. The number of rotatable bonds is 6. The summed E-state index contributed by atoms with van der Waals surface area (Å²) in [5.41, 5.74) is 0.943. The molecule has 1 aliphatic rings. The van der Waals surface area contributed by atoms with Gasteiger partial charge in [-0.15, -0.1) is 0 Å². The van der Waals surface area contributed by atoms with E-state index in [1.54, 1.807) is 0 Å². The van der Waals surface area contributed by atoms with E-state index < -0.39 is 0 Å². The minimum absolute atomic E-state index is 0.437. The Morgan fingerprint density at radius 2 is 2.00 bits per heavy atom. The van der Waals surface area contributed by atoms with Gasteiger partial charge in [0, 0.05) is 26.2 Å². The van der Waals surface area contributed by atoms with E-state index in [2.05, 4.69) is 31.1 Å². The number of nitrogens with one attached hydrogen (secondary N) is 1. The second kappa shape index (κ2) is 8.00. The van der Waals surface area contributed by atoms with Crippen molar-refractivity contribution in [1.29, 1.82) is 0 Å². The third-order valence-electron chi connectivity index (χ3n) is 4.23. The molecule has 0 radical (unpaired) electrons. The molecule has 1 N–H and O–H groups in total. The zero-order valence-electron chi connectivity index (χ0n) is 13.5. The smallest absolute Gasteiger partial charge is 0.128 e. The van der Waals surface area contributed by atoms with Crippen molar-refractivity contribution < 1.29 is 0 Å². The lowest BCUT2D eigenvalue weighted by atomic mass is 9.89. The number of anilines is 1. The van der Waals surface area contributed by atoms with E-state index in [1.165, 1.54) is 32.1 Å². The van der Waals surface area contributed by atoms with Crippen molar-refractivity contribution in [3.8, 4) is 0 Å². The summed E-state index contributed by atoms with van der Waals surface area (Å²) in [6.07, 6.45) is 6.90. The maximum Gasteiger partial charge on any atom is 0.128 e. The fourth-order valence-corrected chi connectivity index (χ4v) is 3.13. The lowest BCUT2D eigenvalue weighted by Crippen LogP contribution is -2.28. The molecule has 0 atom stereocenters. The van der Waals surface area contributed by atoms with Gasteiger partial charge in [-0.25, -0.2) is 4.98 Å². The van der Waals surface area contributed by atoms with Gasteiger partial charge in [0.05, 0.1) is 10.7 Å². The van der Waals surface area contributed by atoms with Crippen LogP contribution in [-0.4, -0.2) is 24.6 Å². The topological polar surface area (TPSA) is 28.2 Å². The first-order valence-electron chi connectivity index (χ1n) is 8.16. The van der Waals surface area contributed by atoms with Gasteiger partial charge in [-0.3, -0.25) is 0 Å². The molecule has 0 spiro atoms. The normalized spacial score (nSPS) is 16.4. The number of pyridine rings is 1. The Hall–Kier alpha value is -0.800. The minimum atomic E-state index is 0.437. The molecule has 1 heterocycles. The van der Waals surface area contributed by atoms with Crippen LogP contribution in [0.5, 0.6) is 0 Å². The molecule has 4 heteroatoms. The molecule has 0 aromatic carbocycles. The number of hydrogen-bond donors (Lipinski definition) is 1.